The molecule has 21 atom stereocenters. The highest BCUT2D eigenvalue weighted by Crippen LogP contribution is 2.35. The molecule has 0 saturated carbocycles. The van der Waals surface area contributed by atoms with Crippen LogP contribution in [-0.2, 0) is 153 Å². The predicted molar refractivity (Wildman–Crippen MR) is 256 cm³/mol. The van der Waals surface area contributed by atoms with Crippen LogP contribution in [0.1, 0.15) is 12.8 Å². The van der Waals surface area contributed by atoms with Gasteiger partial charge in [-0.25, -0.2) is 43.3 Å². The van der Waals surface area contributed by atoms with Gasteiger partial charge in [-0.2, -0.15) is 0 Å². The molecule has 15 unspecified atom stereocenters. The largest absolute Gasteiger partial charge is 0.726 e. The van der Waals surface area contributed by atoms with Crippen LogP contribution in [0.4, 0.5) is 0 Å². The molecular formula is C41H70O38S4-4. The van der Waals surface area contributed by atoms with Crippen LogP contribution in [-0.4, -0.2) is 314 Å². The second-order valence-electron chi connectivity index (χ2n) is 17.8. The van der Waals surface area contributed by atoms with E-state index in [2.05, 4.69) is 16.7 Å². The highest BCUT2D eigenvalue weighted by atomic mass is 32.3. The lowest BCUT2D eigenvalue weighted by Crippen LogP contribution is -2.65. The van der Waals surface area contributed by atoms with E-state index in [0.717, 1.165) is 0 Å². The van der Waals surface area contributed by atoms with Crippen LogP contribution in [0.2, 0.25) is 0 Å². The summed E-state index contributed by atoms with van der Waals surface area (Å²) in [5.74, 6) is -2.78. The van der Waals surface area contributed by atoms with Crippen LogP contribution in [0.25, 0.3) is 0 Å². The van der Waals surface area contributed by atoms with Gasteiger partial charge in [-0.1, -0.05) is 0 Å². The first-order valence-corrected chi connectivity index (χ1v) is 29.4. The summed E-state index contributed by atoms with van der Waals surface area (Å²) in [6, 6.07) is 0. The monoisotopic (exact) mass is 1300 g/mol. The SMILES string of the molecule is COC1COC(C(=O)O)[C@H](O[C@@H]2OC(COS(=O)(=O)[O-])[C@@H](OC)C(OC)C2OC)C1OC.COCC1CC(OC)C(OS(=O)(=O)[O-])[C@@H](OC)O1.COCC1CC(OS(=O)(=O)[O-])C(OS(=O)(=O)[O-])[C@H](O[C@H]2C(C(=O)O)OCC(OC)C2OC)O1. The Morgan fingerprint density at radius 1 is 0.410 bits per heavy atom. The molecule has 5 saturated heterocycles. The first-order valence-electron chi connectivity index (χ1n) is 24.0. The third-order valence-electron chi connectivity index (χ3n) is 12.7. The van der Waals surface area contributed by atoms with Crippen molar-refractivity contribution < 1.29 is 174 Å². The van der Waals surface area contributed by atoms with E-state index in [4.69, 9.17) is 85.3 Å². The van der Waals surface area contributed by atoms with Gasteiger partial charge in [-0.15, -0.1) is 0 Å². The Morgan fingerprint density at radius 2 is 0.795 bits per heavy atom. The van der Waals surface area contributed by atoms with Crippen molar-refractivity contribution in [2.45, 2.75) is 142 Å². The Morgan fingerprint density at radius 3 is 1.14 bits per heavy atom. The fraction of sp³-hybridized carbons (Fsp3) is 0.951. The smallest absolute Gasteiger partial charge is 0.335 e. The van der Waals surface area contributed by atoms with Gasteiger partial charge in [0.25, 0.3) is 0 Å². The van der Waals surface area contributed by atoms with Gasteiger partial charge in [-0.3, -0.25) is 16.7 Å². The molecule has 0 radical (unpaired) electrons. The predicted octanol–water partition coefficient (Wildman–Crippen LogP) is -5.28. The van der Waals surface area contributed by atoms with E-state index < -0.39 is 189 Å². The van der Waals surface area contributed by atoms with Crippen molar-refractivity contribution in [2.24, 2.45) is 0 Å². The van der Waals surface area contributed by atoms with E-state index in [1.165, 1.54) is 78.2 Å². The Bertz CT molecular complexity index is 2390. The van der Waals surface area contributed by atoms with Gasteiger partial charge in [0.05, 0.1) is 51.3 Å². The molecule has 2 N–H and O–H groups in total. The molecule has 0 aromatic carbocycles. The lowest BCUT2D eigenvalue weighted by Gasteiger charge is -2.47. The minimum absolute atomic E-state index is 0.0463. The van der Waals surface area contributed by atoms with Gasteiger partial charge in [0.2, 0.25) is 41.6 Å². The Labute approximate surface area is 478 Å². The number of carboxylic acid groups (broad SMARTS) is 2. The highest BCUT2D eigenvalue weighted by Gasteiger charge is 2.54. The Hall–Kier alpha value is -2.30. The molecule has 83 heavy (non-hydrogen) atoms. The summed E-state index contributed by atoms with van der Waals surface area (Å²) in [5.41, 5.74) is 0. The number of hydrogen-bond acceptors (Lipinski definition) is 36. The molecule has 38 nitrogen and oxygen atoms in total. The molecule has 490 valence electrons. The van der Waals surface area contributed by atoms with E-state index in [0.29, 0.717) is 13.0 Å². The highest BCUT2D eigenvalue weighted by molar-refractivity contribution is 7.81. The number of aliphatic carboxylic acids is 2. The third-order valence-corrected chi connectivity index (χ3v) is 14.5. The fourth-order valence-corrected chi connectivity index (χ4v) is 11.0. The number of methoxy groups -OCH3 is 11. The fourth-order valence-electron chi connectivity index (χ4n) is 9.26. The van der Waals surface area contributed by atoms with Gasteiger partial charge < -0.3 is 114 Å². The van der Waals surface area contributed by atoms with Crippen molar-refractivity contribution in [1.29, 1.82) is 0 Å². The minimum atomic E-state index is -5.50. The molecule has 5 aliphatic heterocycles. The molecule has 5 heterocycles. The van der Waals surface area contributed by atoms with Crippen LogP contribution < -0.4 is 0 Å². The summed E-state index contributed by atoms with van der Waals surface area (Å²) in [5, 5.41) is 19.1. The van der Waals surface area contributed by atoms with Crippen molar-refractivity contribution in [3.05, 3.63) is 0 Å². The molecule has 0 amide bonds. The summed E-state index contributed by atoms with van der Waals surface area (Å²) in [6.45, 7) is -0.837. The molecule has 42 heteroatoms. The van der Waals surface area contributed by atoms with Crippen LogP contribution in [0, 0.1) is 0 Å². The summed E-state index contributed by atoms with van der Waals surface area (Å²) in [7, 11) is -5.98. The van der Waals surface area contributed by atoms with Crippen molar-refractivity contribution in [3.8, 4) is 0 Å². The summed E-state index contributed by atoms with van der Waals surface area (Å²) in [6.07, 6.45) is -24.5. The maximum Gasteiger partial charge on any atom is 0.335 e. The number of carboxylic acids is 2. The van der Waals surface area contributed by atoms with Gasteiger partial charge in [-0.05, 0) is 0 Å². The number of carbonyl (C=O) groups is 2. The first-order chi connectivity index (χ1) is 38.8. The van der Waals surface area contributed by atoms with Crippen molar-refractivity contribution in [1.82, 2.24) is 0 Å². The summed E-state index contributed by atoms with van der Waals surface area (Å²) >= 11 is 0. The Balaban J connectivity index is 0.000000341. The molecular weight excluding hydrogens is 1230 g/mol. The average Bonchev–Trinajstić information content (AvgIpc) is 3.48. The molecule has 0 bridgehead atoms. The zero-order valence-corrected chi connectivity index (χ0v) is 49.6. The van der Waals surface area contributed by atoms with Gasteiger partial charge >= 0.3 is 11.9 Å². The van der Waals surface area contributed by atoms with Crippen molar-refractivity contribution in [2.75, 3.05) is 111 Å². The molecule has 0 aromatic heterocycles. The normalized spacial score (nSPS) is 36.4. The van der Waals surface area contributed by atoms with E-state index in [1.54, 1.807) is 0 Å². The second-order valence-corrected chi connectivity index (χ2v) is 21.9. The van der Waals surface area contributed by atoms with E-state index in [-0.39, 0.29) is 25.9 Å². The first kappa shape index (κ1) is 75.0. The van der Waals surface area contributed by atoms with Gasteiger partial charge in [0.15, 0.2) is 43.3 Å². The van der Waals surface area contributed by atoms with Crippen LogP contribution in [0.5, 0.6) is 0 Å². The summed E-state index contributed by atoms with van der Waals surface area (Å²) < 4.78 is 246. The summed E-state index contributed by atoms with van der Waals surface area (Å²) in [4.78, 5) is 23.5. The standard InChI is InChI=1S/C17H30O14S.C15H26O16S2.C9H18O8S/c1-23-8-6-28-14(16(18)19)13(10(8)24-2)31-17-15(27-5)12(26-4)11(25-3)9(30-17)7-29-32(20,21)22;1-24-5-7-4-8(30-32(18,19)20)11(31-33(21,22)23)15(28-7)29-12-10(26-3)9(25-2)6-27-13(12)14(16)17;1-13-5-6-4-7(14-2)8(9(15-3)16-6)17-18(10,11)12/h8-15,17H,6-7H2,1-5H3,(H,18,19)(H,20,21,22);7-13,15H,4-6H2,1-3H3,(H,16,17)(H,18,19,20)(H,21,22,23);6-9H,4-5H2,1-3H3,(H,10,11,12)/p-4/t8?,9?,10?,11-,12?,13-,14?,15?,17+;7?,8?,9?,10?,11?,12-,13?,15+;6?,7?,8?,9-/m110/s1. The molecule has 0 aromatic rings. The van der Waals surface area contributed by atoms with E-state index in [1.807, 2.05) is 0 Å². The number of rotatable bonds is 28. The molecule has 0 spiro atoms. The zero-order valence-electron chi connectivity index (χ0n) is 46.3. The number of ether oxygens (including phenoxy) is 18. The van der Waals surface area contributed by atoms with E-state index in [9.17, 15) is 71.7 Å². The quantitative estimate of drug-likeness (QED) is 0.0546. The average molecular weight is 1300 g/mol. The minimum Gasteiger partial charge on any atom is -0.726 e. The van der Waals surface area contributed by atoms with E-state index >= 15 is 0 Å². The maximum absolute atomic E-state index is 11.8. The lowest BCUT2D eigenvalue weighted by molar-refractivity contribution is -0.342. The zero-order chi connectivity index (χ0) is 62.8. The maximum atomic E-state index is 11.8. The molecule has 5 fully saturated rings. The Kier molecular flexibility index (Phi) is 31.1. The molecule has 0 aliphatic carbocycles. The van der Waals surface area contributed by atoms with Crippen LogP contribution in [0.3, 0.4) is 0 Å². The van der Waals surface area contributed by atoms with Gasteiger partial charge in [0.1, 0.15) is 67.1 Å². The van der Waals surface area contributed by atoms with Crippen LogP contribution >= 0.6 is 0 Å². The lowest BCUT2D eigenvalue weighted by atomic mass is 9.96. The molecule has 5 rings (SSSR count). The third kappa shape index (κ3) is 23.0. The number of hydrogen-bond donors (Lipinski definition) is 2. The molecule has 5 aliphatic rings. The van der Waals surface area contributed by atoms with Crippen LogP contribution in [0.15, 0.2) is 0 Å². The second kappa shape index (κ2) is 34.5. The topological polar surface area (TPSA) is 506 Å². The van der Waals surface area contributed by atoms with Crippen molar-refractivity contribution >= 4 is 53.5 Å². The van der Waals surface area contributed by atoms with Gasteiger partial charge in [0, 0.05) is 91.0 Å². The van der Waals surface area contributed by atoms with Crippen molar-refractivity contribution in [3.63, 3.8) is 0 Å².